The number of ether oxygens (including phenoxy) is 2. The molecule has 2 heterocycles. The van der Waals surface area contributed by atoms with Crippen LogP contribution in [0, 0.1) is 0 Å². The Morgan fingerprint density at radius 3 is 2.15 bits per heavy atom. The van der Waals surface area contributed by atoms with Gasteiger partial charge in [0.1, 0.15) is 0 Å². The van der Waals surface area contributed by atoms with Crippen molar-refractivity contribution in [1.82, 2.24) is 9.47 Å². The van der Waals surface area contributed by atoms with E-state index in [0.717, 1.165) is 43.6 Å². The van der Waals surface area contributed by atoms with Crippen LogP contribution in [0.15, 0.2) is 47.4 Å². The summed E-state index contributed by atoms with van der Waals surface area (Å²) in [6, 6.07) is 11.3. The van der Waals surface area contributed by atoms with Crippen molar-refractivity contribution in [2.45, 2.75) is 45.4 Å². The van der Waals surface area contributed by atoms with Crippen molar-refractivity contribution < 1.29 is 14.3 Å². The van der Waals surface area contributed by atoms with E-state index in [4.69, 9.17) is 9.47 Å². The molecule has 0 radical (unpaired) electrons. The van der Waals surface area contributed by atoms with Gasteiger partial charge in [-0.3, -0.25) is 14.2 Å². The fraction of sp³-hybridized carbons (Fsp3) is 0.407. The van der Waals surface area contributed by atoms with Crippen LogP contribution in [0.25, 0.3) is 16.5 Å². The number of nitrogens with zero attached hydrogens (tertiary/aromatic N) is 2. The first-order valence-electron chi connectivity index (χ1n) is 11.5. The highest BCUT2D eigenvalue weighted by molar-refractivity contribution is 6.07. The van der Waals surface area contributed by atoms with E-state index in [1.807, 2.05) is 23.1 Å². The topological polar surface area (TPSA) is 60.8 Å². The number of aromatic nitrogens is 1. The number of fused-ring (bicyclic) bond motifs is 1. The molecule has 33 heavy (non-hydrogen) atoms. The molecule has 0 aliphatic carbocycles. The molecular weight excluding hydrogens is 416 g/mol. The van der Waals surface area contributed by atoms with Gasteiger partial charge in [-0.15, -0.1) is 0 Å². The first kappa shape index (κ1) is 22.9. The molecule has 0 atom stereocenters. The standard InChI is InChI=1S/C27H32N2O4/c1-27(2,3)18-10-9-11-19(14-18)29-17-22(25(30)28-12-7-6-8-13-28)20-15-23(32-4)24(33-5)16-21(20)26(29)31/h9-11,14-17H,6-8,12-13H2,1-5H3. The highest BCUT2D eigenvalue weighted by atomic mass is 16.5. The van der Waals surface area contributed by atoms with E-state index in [1.165, 1.54) is 7.11 Å². The molecule has 3 aromatic rings. The molecule has 1 aliphatic rings. The van der Waals surface area contributed by atoms with Gasteiger partial charge in [-0.2, -0.15) is 0 Å². The lowest BCUT2D eigenvalue weighted by molar-refractivity contribution is 0.0725. The number of piperidine rings is 1. The third kappa shape index (κ3) is 4.34. The average molecular weight is 449 g/mol. The molecule has 1 aliphatic heterocycles. The predicted molar refractivity (Wildman–Crippen MR) is 131 cm³/mol. The van der Waals surface area contributed by atoms with Gasteiger partial charge in [-0.25, -0.2) is 0 Å². The van der Waals surface area contributed by atoms with E-state index in [1.54, 1.807) is 30.0 Å². The van der Waals surface area contributed by atoms with E-state index in [-0.39, 0.29) is 16.9 Å². The number of rotatable bonds is 4. The van der Waals surface area contributed by atoms with E-state index in [9.17, 15) is 9.59 Å². The molecule has 174 valence electrons. The zero-order valence-corrected chi connectivity index (χ0v) is 20.1. The summed E-state index contributed by atoms with van der Waals surface area (Å²) >= 11 is 0. The van der Waals surface area contributed by atoms with Gasteiger partial charge < -0.3 is 14.4 Å². The Hall–Kier alpha value is -3.28. The smallest absolute Gasteiger partial charge is 0.263 e. The SMILES string of the molecule is COc1cc2c(C(=O)N3CCCCC3)cn(-c3cccc(C(C)(C)C)c3)c(=O)c2cc1OC. The van der Waals surface area contributed by atoms with E-state index < -0.39 is 0 Å². The first-order valence-corrected chi connectivity index (χ1v) is 11.5. The zero-order chi connectivity index (χ0) is 23.8. The lowest BCUT2D eigenvalue weighted by Crippen LogP contribution is -2.36. The fourth-order valence-electron chi connectivity index (χ4n) is 4.42. The maximum atomic E-state index is 13.7. The van der Waals surface area contributed by atoms with Crippen LogP contribution in [-0.4, -0.2) is 42.7 Å². The van der Waals surface area contributed by atoms with Crippen molar-refractivity contribution in [3.63, 3.8) is 0 Å². The monoisotopic (exact) mass is 448 g/mol. The van der Waals surface area contributed by atoms with Gasteiger partial charge in [0.05, 0.1) is 25.2 Å². The Morgan fingerprint density at radius 1 is 0.909 bits per heavy atom. The number of likely N-dealkylation sites (tertiary alicyclic amines) is 1. The number of amides is 1. The van der Waals surface area contributed by atoms with Gasteiger partial charge in [0.2, 0.25) is 0 Å². The van der Waals surface area contributed by atoms with Crippen molar-refractivity contribution >= 4 is 16.7 Å². The summed E-state index contributed by atoms with van der Waals surface area (Å²) in [4.78, 5) is 29.2. The summed E-state index contributed by atoms with van der Waals surface area (Å²) in [5, 5.41) is 1.01. The summed E-state index contributed by atoms with van der Waals surface area (Å²) in [5.41, 5.74) is 2.07. The Bertz CT molecular complexity index is 1250. The summed E-state index contributed by atoms with van der Waals surface area (Å²) in [7, 11) is 3.09. The van der Waals surface area contributed by atoms with Crippen LogP contribution in [-0.2, 0) is 5.41 Å². The summed E-state index contributed by atoms with van der Waals surface area (Å²) in [5.74, 6) is 0.886. The molecule has 6 heteroatoms. The second kappa shape index (κ2) is 8.93. The molecule has 0 N–H and O–H groups in total. The number of pyridine rings is 1. The number of carbonyl (C=O) groups is 1. The Labute approximate surface area is 194 Å². The second-order valence-corrected chi connectivity index (χ2v) is 9.62. The summed E-state index contributed by atoms with van der Waals surface area (Å²) in [6.45, 7) is 7.87. The van der Waals surface area contributed by atoms with Gasteiger partial charge in [0, 0.05) is 30.4 Å². The molecule has 6 nitrogen and oxygen atoms in total. The van der Waals surface area contributed by atoms with E-state index in [2.05, 4.69) is 26.8 Å². The van der Waals surface area contributed by atoms with Gasteiger partial charge in [0.25, 0.3) is 11.5 Å². The van der Waals surface area contributed by atoms with Crippen molar-refractivity contribution in [2.24, 2.45) is 0 Å². The summed E-state index contributed by atoms with van der Waals surface area (Å²) in [6.07, 6.45) is 4.81. The Morgan fingerprint density at radius 2 is 1.55 bits per heavy atom. The highest BCUT2D eigenvalue weighted by Gasteiger charge is 2.24. The lowest BCUT2D eigenvalue weighted by Gasteiger charge is -2.27. The van der Waals surface area contributed by atoms with Crippen molar-refractivity contribution in [3.05, 3.63) is 64.1 Å². The van der Waals surface area contributed by atoms with Crippen molar-refractivity contribution in [3.8, 4) is 17.2 Å². The first-order chi connectivity index (χ1) is 15.7. The minimum absolute atomic E-state index is 0.0624. The van der Waals surface area contributed by atoms with Gasteiger partial charge in [0.15, 0.2) is 11.5 Å². The molecule has 0 spiro atoms. The largest absolute Gasteiger partial charge is 0.493 e. The quantitative estimate of drug-likeness (QED) is 0.568. The van der Waals surface area contributed by atoms with E-state index >= 15 is 0 Å². The van der Waals surface area contributed by atoms with Crippen LogP contribution >= 0.6 is 0 Å². The fourth-order valence-corrected chi connectivity index (χ4v) is 4.42. The van der Waals surface area contributed by atoms with Crippen LogP contribution in [0.2, 0.25) is 0 Å². The number of methoxy groups -OCH3 is 2. The second-order valence-electron chi connectivity index (χ2n) is 9.62. The number of carbonyl (C=O) groups excluding carboxylic acids is 1. The average Bonchev–Trinajstić information content (AvgIpc) is 2.83. The molecule has 4 rings (SSSR count). The minimum Gasteiger partial charge on any atom is -0.493 e. The van der Waals surface area contributed by atoms with Gasteiger partial charge in [-0.05, 0) is 54.5 Å². The zero-order valence-electron chi connectivity index (χ0n) is 20.1. The molecule has 0 bridgehead atoms. The lowest BCUT2D eigenvalue weighted by atomic mass is 9.87. The van der Waals surface area contributed by atoms with Crippen LogP contribution in [0.3, 0.4) is 0 Å². The van der Waals surface area contributed by atoms with Crippen molar-refractivity contribution in [1.29, 1.82) is 0 Å². The van der Waals surface area contributed by atoms with Crippen molar-refractivity contribution in [2.75, 3.05) is 27.3 Å². The molecule has 1 amide bonds. The third-order valence-electron chi connectivity index (χ3n) is 6.39. The maximum absolute atomic E-state index is 13.7. The normalized spacial score (nSPS) is 14.4. The van der Waals surface area contributed by atoms with Gasteiger partial charge in [-0.1, -0.05) is 32.9 Å². The molecule has 0 saturated carbocycles. The Balaban J connectivity index is 1.99. The molecule has 0 unspecified atom stereocenters. The molecule has 2 aromatic carbocycles. The van der Waals surface area contributed by atoms with Gasteiger partial charge >= 0.3 is 0 Å². The predicted octanol–water partition coefficient (Wildman–Crippen LogP) is 4.93. The molecule has 1 saturated heterocycles. The van der Waals surface area contributed by atoms with E-state index in [0.29, 0.717) is 27.8 Å². The van der Waals surface area contributed by atoms with Crippen LogP contribution in [0.1, 0.15) is 56.0 Å². The van der Waals surface area contributed by atoms with Crippen LogP contribution < -0.4 is 15.0 Å². The van der Waals surface area contributed by atoms with Crippen LogP contribution in [0.4, 0.5) is 0 Å². The maximum Gasteiger partial charge on any atom is 0.263 e. The van der Waals surface area contributed by atoms with Crippen LogP contribution in [0.5, 0.6) is 11.5 Å². The number of benzene rings is 2. The Kier molecular flexibility index (Phi) is 6.19. The summed E-state index contributed by atoms with van der Waals surface area (Å²) < 4.78 is 12.5. The molecule has 1 fully saturated rings. The number of hydrogen-bond acceptors (Lipinski definition) is 4. The third-order valence-corrected chi connectivity index (χ3v) is 6.39. The number of hydrogen-bond donors (Lipinski definition) is 0. The molecular formula is C27H32N2O4. The highest BCUT2D eigenvalue weighted by Crippen LogP contribution is 2.33. The molecule has 1 aromatic heterocycles. The minimum atomic E-state index is -0.202.